The SMILES string of the molecule is COc1ccc(CCNC(N)=NCc2ccc(O)cc2)cc1OC.I. The van der Waals surface area contributed by atoms with Crippen molar-refractivity contribution in [1.29, 1.82) is 0 Å². The molecule has 2 aromatic carbocycles. The Kier molecular flexibility index (Phi) is 8.90. The molecule has 0 bridgehead atoms. The van der Waals surface area contributed by atoms with Crippen LogP contribution in [0, 0.1) is 0 Å². The van der Waals surface area contributed by atoms with Crippen LogP contribution < -0.4 is 20.5 Å². The Labute approximate surface area is 165 Å². The van der Waals surface area contributed by atoms with Crippen LogP contribution in [-0.2, 0) is 13.0 Å². The second-order valence-electron chi connectivity index (χ2n) is 5.23. The van der Waals surface area contributed by atoms with Gasteiger partial charge < -0.3 is 25.6 Å². The first-order valence-electron chi connectivity index (χ1n) is 7.65. The van der Waals surface area contributed by atoms with Gasteiger partial charge in [-0.25, -0.2) is 4.99 Å². The maximum Gasteiger partial charge on any atom is 0.188 e. The van der Waals surface area contributed by atoms with Crippen LogP contribution in [0.1, 0.15) is 11.1 Å². The highest BCUT2D eigenvalue weighted by Crippen LogP contribution is 2.27. The van der Waals surface area contributed by atoms with Gasteiger partial charge in [0.1, 0.15) is 5.75 Å². The summed E-state index contributed by atoms with van der Waals surface area (Å²) in [7, 11) is 3.23. The molecule has 0 fully saturated rings. The lowest BCUT2D eigenvalue weighted by molar-refractivity contribution is 0.354. The number of halogens is 1. The highest BCUT2D eigenvalue weighted by atomic mass is 127. The number of rotatable bonds is 7. The molecule has 0 unspecified atom stereocenters. The summed E-state index contributed by atoms with van der Waals surface area (Å²) in [4.78, 5) is 4.27. The van der Waals surface area contributed by atoms with Crippen molar-refractivity contribution in [2.24, 2.45) is 10.7 Å². The molecule has 0 amide bonds. The molecule has 0 spiro atoms. The molecule has 0 radical (unpaired) electrons. The molecule has 0 aliphatic rings. The standard InChI is InChI=1S/C18H23N3O3.HI/c1-23-16-8-5-13(11-17(16)24-2)9-10-20-18(19)21-12-14-3-6-15(22)7-4-14;/h3-8,11,22H,9-10,12H2,1-2H3,(H3,19,20,21);1H. The van der Waals surface area contributed by atoms with E-state index >= 15 is 0 Å². The number of methoxy groups -OCH3 is 2. The smallest absolute Gasteiger partial charge is 0.188 e. The zero-order chi connectivity index (χ0) is 17.4. The first kappa shape index (κ1) is 20.9. The maximum atomic E-state index is 9.24. The van der Waals surface area contributed by atoms with Gasteiger partial charge in [-0.3, -0.25) is 0 Å². The van der Waals surface area contributed by atoms with E-state index in [-0.39, 0.29) is 29.7 Å². The van der Waals surface area contributed by atoms with E-state index < -0.39 is 0 Å². The maximum absolute atomic E-state index is 9.24. The molecule has 25 heavy (non-hydrogen) atoms. The second-order valence-corrected chi connectivity index (χ2v) is 5.23. The molecule has 6 nitrogen and oxygen atoms in total. The number of ether oxygens (including phenoxy) is 2. The van der Waals surface area contributed by atoms with Gasteiger partial charge in [0, 0.05) is 6.54 Å². The summed E-state index contributed by atoms with van der Waals surface area (Å²) in [5.74, 6) is 2.06. The third-order valence-corrected chi connectivity index (χ3v) is 3.54. The number of phenols is 1. The number of nitrogens with zero attached hydrogens (tertiary/aromatic N) is 1. The molecule has 4 N–H and O–H groups in total. The zero-order valence-corrected chi connectivity index (χ0v) is 16.7. The first-order chi connectivity index (χ1) is 11.6. The van der Waals surface area contributed by atoms with E-state index in [4.69, 9.17) is 15.2 Å². The summed E-state index contributed by atoms with van der Waals surface area (Å²) in [6.45, 7) is 1.13. The van der Waals surface area contributed by atoms with E-state index in [0.717, 1.165) is 17.5 Å². The van der Waals surface area contributed by atoms with Crippen molar-refractivity contribution in [3.05, 3.63) is 53.6 Å². The summed E-state index contributed by atoms with van der Waals surface area (Å²) < 4.78 is 10.5. The van der Waals surface area contributed by atoms with E-state index in [1.165, 1.54) is 0 Å². The molecule has 0 saturated carbocycles. The number of phenolic OH excluding ortho intramolecular Hbond substituents is 1. The van der Waals surface area contributed by atoms with E-state index in [9.17, 15) is 5.11 Å². The fourth-order valence-corrected chi connectivity index (χ4v) is 2.20. The summed E-state index contributed by atoms with van der Waals surface area (Å²) in [6, 6.07) is 12.7. The number of aromatic hydroxyl groups is 1. The highest BCUT2D eigenvalue weighted by Gasteiger charge is 2.04. The average Bonchev–Trinajstić information content (AvgIpc) is 2.61. The molecular formula is C18H24IN3O3. The minimum Gasteiger partial charge on any atom is -0.508 e. The minimum atomic E-state index is 0. The van der Waals surface area contributed by atoms with Gasteiger partial charge in [0.2, 0.25) is 0 Å². The van der Waals surface area contributed by atoms with E-state index in [1.54, 1.807) is 26.4 Å². The Morgan fingerprint density at radius 3 is 2.32 bits per heavy atom. The van der Waals surface area contributed by atoms with Crippen LogP contribution >= 0.6 is 24.0 Å². The van der Waals surface area contributed by atoms with Gasteiger partial charge in [-0.1, -0.05) is 18.2 Å². The minimum absolute atomic E-state index is 0. The van der Waals surface area contributed by atoms with Gasteiger partial charge in [0.25, 0.3) is 0 Å². The number of nitrogens with two attached hydrogens (primary N) is 1. The Morgan fingerprint density at radius 2 is 1.68 bits per heavy atom. The van der Waals surface area contributed by atoms with Crippen molar-refractivity contribution in [1.82, 2.24) is 5.32 Å². The Morgan fingerprint density at radius 1 is 1.04 bits per heavy atom. The molecule has 2 rings (SSSR count). The highest BCUT2D eigenvalue weighted by molar-refractivity contribution is 14.0. The first-order valence-corrected chi connectivity index (χ1v) is 7.65. The predicted molar refractivity (Wildman–Crippen MR) is 110 cm³/mol. The van der Waals surface area contributed by atoms with Crippen LogP contribution in [0.2, 0.25) is 0 Å². The summed E-state index contributed by atoms with van der Waals surface area (Å²) in [6.07, 6.45) is 0.787. The molecule has 2 aromatic rings. The van der Waals surface area contributed by atoms with Gasteiger partial charge in [0.05, 0.1) is 20.8 Å². The molecular weight excluding hydrogens is 433 g/mol. The lowest BCUT2D eigenvalue weighted by atomic mass is 10.1. The number of hydrogen-bond donors (Lipinski definition) is 3. The van der Waals surface area contributed by atoms with Gasteiger partial charge in [0.15, 0.2) is 17.5 Å². The van der Waals surface area contributed by atoms with Crippen molar-refractivity contribution in [2.75, 3.05) is 20.8 Å². The van der Waals surface area contributed by atoms with Gasteiger partial charge in [-0.15, -0.1) is 24.0 Å². The number of hydrogen-bond acceptors (Lipinski definition) is 4. The molecule has 7 heteroatoms. The average molecular weight is 457 g/mol. The van der Waals surface area contributed by atoms with Crippen molar-refractivity contribution in [3.8, 4) is 17.2 Å². The van der Waals surface area contributed by atoms with Crippen molar-refractivity contribution < 1.29 is 14.6 Å². The fourth-order valence-electron chi connectivity index (χ4n) is 2.20. The Balaban J connectivity index is 0.00000312. The summed E-state index contributed by atoms with van der Waals surface area (Å²) >= 11 is 0. The lowest BCUT2D eigenvalue weighted by Crippen LogP contribution is -2.33. The van der Waals surface area contributed by atoms with Crippen molar-refractivity contribution in [2.45, 2.75) is 13.0 Å². The molecule has 0 atom stereocenters. The summed E-state index contributed by atoms with van der Waals surface area (Å²) in [5, 5.41) is 12.3. The molecule has 0 aromatic heterocycles. The normalized spacial score (nSPS) is 10.7. The van der Waals surface area contributed by atoms with Gasteiger partial charge >= 0.3 is 0 Å². The predicted octanol–water partition coefficient (Wildman–Crippen LogP) is 2.67. The molecule has 0 heterocycles. The van der Waals surface area contributed by atoms with Crippen molar-refractivity contribution in [3.63, 3.8) is 0 Å². The third-order valence-electron chi connectivity index (χ3n) is 3.54. The number of nitrogens with one attached hydrogen (secondary N) is 1. The quantitative estimate of drug-likeness (QED) is 0.338. The van der Waals surface area contributed by atoms with Crippen LogP contribution in [0.4, 0.5) is 0 Å². The molecule has 0 saturated heterocycles. The van der Waals surface area contributed by atoms with Crippen molar-refractivity contribution >= 4 is 29.9 Å². The van der Waals surface area contributed by atoms with Gasteiger partial charge in [-0.05, 0) is 41.8 Å². The number of aliphatic imine (C=N–C) groups is 1. The van der Waals surface area contributed by atoms with E-state index in [1.807, 2.05) is 30.3 Å². The van der Waals surface area contributed by atoms with E-state index in [0.29, 0.717) is 30.5 Å². The lowest BCUT2D eigenvalue weighted by Gasteiger charge is -2.10. The third kappa shape index (κ3) is 6.69. The van der Waals surface area contributed by atoms with Crippen LogP contribution in [0.25, 0.3) is 0 Å². The Hall–Kier alpha value is -2.16. The van der Waals surface area contributed by atoms with Crippen LogP contribution in [0.5, 0.6) is 17.2 Å². The molecule has 0 aliphatic heterocycles. The topological polar surface area (TPSA) is 89.1 Å². The van der Waals surface area contributed by atoms with Crippen LogP contribution in [-0.4, -0.2) is 31.8 Å². The Bertz CT molecular complexity index is 690. The number of benzene rings is 2. The van der Waals surface area contributed by atoms with E-state index in [2.05, 4.69) is 10.3 Å². The summed E-state index contributed by atoms with van der Waals surface area (Å²) in [5.41, 5.74) is 7.96. The molecule has 0 aliphatic carbocycles. The van der Waals surface area contributed by atoms with Crippen LogP contribution in [0.15, 0.2) is 47.5 Å². The zero-order valence-electron chi connectivity index (χ0n) is 14.4. The number of guanidine groups is 1. The molecule has 136 valence electrons. The van der Waals surface area contributed by atoms with Gasteiger partial charge in [-0.2, -0.15) is 0 Å². The largest absolute Gasteiger partial charge is 0.508 e. The second kappa shape index (κ2) is 10.7. The van der Waals surface area contributed by atoms with Crippen LogP contribution in [0.3, 0.4) is 0 Å². The monoisotopic (exact) mass is 457 g/mol. The fraction of sp³-hybridized carbons (Fsp3) is 0.278.